The van der Waals surface area contributed by atoms with Gasteiger partial charge in [-0.2, -0.15) is 0 Å². The molecular weight excluding hydrogens is 399 g/mol. The Bertz CT molecular complexity index is 1030. The molecule has 31 heavy (non-hydrogen) atoms. The number of hydrogen-bond acceptors (Lipinski definition) is 5. The molecule has 0 aliphatic carbocycles. The van der Waals surface area contributed by atoms with Crippen LogP contribution in [0, 0.1) is 5.82 Å². The Morgan fingerprint density at radius 3 is 2.55 bits per heavy atom. The fourth-order valence-electron chi connectivity index (χ4n) is 3.14. The molecule has 6 nitrogen and oxygen atoms in total. The van der Waals surface area contributed by atoms with Gasteiger partial charge < -0.3 is 9.84 Å². The van der Waals surface area contributed by atoms with E-state index in [0.29, 0.717) is 30.0 Å². The average molecular weight is 422 g/mol. The molecule has 3 rings (SSSR count). The average Bonchev–Trinajstić information content (AvgIpc) is 2.77. The Morgan fingerprint density at radius 2 is 1.87 bits per heavy atom. The third-order valence-corrected chi connectivity index (χ3v) is 4.69. The van der Waals surface area contributed by atoms with Gasteiger partial charge in [0.1, 0.15) is 23.4 Å². The largest absolute Gasteiger partial charge is 0.486 e. The van der Waals surface area contributed by atoms with Crippen molar-refractivity contribution in [3.8, 4) is 5.75 Å². The highest BCUT2D eigenvalue weighted by atomic mass is 19.1. The number of aliphatic carboxylic acids is 1. The molecule has 0 amide bonds. The van der Waals surface area contributed by atoms with E-state index in [4.69, 9.17) is 9.84 Å². The first-order valence-corrected chi connectivity index (χ1v) is 9.80. The van der Waals surface area contributed by atoms with E-state index < -0.39 is 12.1 Å². The molecule has 1 atom stereocenters. The number of ether oxygens (including phenoxy) is 1. The summed E-state index contributed by atoms with van der Waals surface area (Å²) in [7, 11) is 1.71. The second-order valence-corrected chi connectivity index (χ2v) is 7.15. The molecule has 0 saturated heterocycles. The van der Waals surface area contributed by atoms with Gasteiger partial charge in [0.2, 0.25) is 5.78 Å². The molecule has 1 unspecified atom stereocenters. The molecule has 2 aromatic carbocycles. The number of pyridine rings is 1. The first kappa shape index (κ1) is 22.1. The van der Waals surface area contributed by atoms with E-state index in [2.05, 4.69) is 4.98 Å². The number of halogens is 1. The van der Waals surface area contributed by atoms with E-state index in [1.807, 2.05) is 0 Å². The number of hydrogen-bond donors (Lipinski definition) is 1. The molecule has 0 fully saturated rings. The first-order valence-electron chi connectivity index (χ1n) is 9.80. The van der Waals surface area contributed by atoms with E-state index in [1.54, 1.807) is 72.7 Å². The third kappa shape index (κ3) is 6.45. The molecule has 1 N–H and O–H groups in total. The van der Waals surface area contributed by atoms with E-state index in [9.17, 15) is 14.0 Å². The van der Waals surface area contributed by atoms with Gasteiger partial charge in [-0.1, -0.05) is 30.3 Å². The Labute approximate surface area is 179 Å². The molecule has 0 aliphatic rings. The predicted molar refractivity (Wildman–Crippen MR) is 114 cm³/mol. The van der Waals surface area contributed by atoms with E-state index in [0.717, 1.165) is 5.56 Å². The number of aromatic nitrogens is 1. The summed E-state index contributed by atoms with van der Waals surface area (Å²) in [6.45, 7) is 0.366. The van der Waals surface area contributed by atoms with Crippen molar-refractivity contribution >= 4 is 11.8 Å². The molecule has 0 saturated carbocycles. The summed E-state index contributed by atoms with van der Waals surface area (Å²) in [5, 5.41) is 8.96. The number of likely N-dealkylation sites (N-methyl/N-ethyl adjacent to an activating group) is 1. The number of carboxylic acid groups (broad SMARTS) is 1. The number of rotatable bonds is 10. The van der Waals surface area contributed by atoms with Crippen LogP contribution in [-0.2, 0) is 4.79 Å². The van der Waals surface area contributed by atoms with E-state index >= 15 is 0 Å². The highest BCUT2D eigenvalue weighted by Crippen LogP contribution is 2.26. The standard InChI is InChI=1S/C24H23FN2O4/c1-27(16-23(28)29)14-12-22(17-8-10-19(25)11-9-17)31-20-6-4-5-18(15-20)24(30)21-7-2-3-13-26-21/h2-11,13,15,22H,12,14,16H2,1H3,(H,28,29). The minimum atomic E-state index is -0.914. The van der Waals surface area contributed by atoms with Crippen LogP contribution in [0.2, 0.25) is 0 Å². The maximum Gasteiger partial charge on any atom is 0.317 e. The van der Waals surface area contributed by atoms with Crippen molar-refractivity contribution in [1.82, 2.24) is 9.88 Å². The van der Waals surface area contributed by atoms with E-state index in [-0.39, 0.29) is 18.1 Å². The van der Waals surface area contributed by atoms with Gasteiger partial charge in [-0.05, 0) is 49.0 Å². The highest BCUT2D eigenvalue weighted by Gasteiger charge is 2.17. The minimum Gasteiger partial charge on any atom is -0.486 e. The molecule has 160 valence electrons. The topological polar surface area (TPSA) is 79.7 Å². The lowest BCUT2D eigenvalue weighted by atomic mass is 10.1. The Hall–Kier alpha value is -3.58. The molecule has 0 bridgehead atoms. The zero-order chi connectivity index (χ0) is 22.2. The van der Waals surface area contributed by atoms with Gasteiger partial charge in [-0.3, -0.25) is 19.5 Å². The van der Waals surface area contributed by atoms with Gasteiger partial charge in [0.15, 0.2) is 0 Å². The summed E-state index contributed by atoms with van der Waals surface area (Å²) in [5.74, 6) is -1.00. The van der Waals surface area contributed by atoms with Gasteiger partial charge in [0, 0.05) is 24.7 Å². The van der Waals surface area contributed by atoms with Crippen LogP contribution in [0.3, 0.4) is 0 Å². The predicted octanol–water partition coefficient (Wildman–Crippen LogP) is 3.98. The van der Waals surface area contributed by atoms with Crippen molar-refractivity contribution in [3.05, 3.63) is 95.6 Å². The molecular formula is C24H23FN2O4. The summed E-state index contributed by atoms with van der Waals surface area (Å²) in [4.78, 5) is 29.4. The van der Waals surface area contributed by atoms with Gasteiger partial charge in [-0.15, -0.1) is 0 Å². The maximum atomic E-state index is 13.4. The van der Waals surface area contributed by atoms with Crippen LogP contribution in [0.15, 0.2) is 72.9 Å². The number of carboxylic acids is 1. The number of ketones is 1. The number of carbonyl (C=O) groups excluding carboxylic acids is 1. The van der Waals surface area contributed by atoms with Crippen LogP contribution in [0.4, 0.5) is 4.39 Å². The van der Waals surface area contributed by atoms with Gasteiger partial charge in [0.25, 0.3) is 0 Å². The summed E-state index contributed by atoms with van der Waals surface area (Å²) in [6, 6.07) is 17.9. The molecule has 1 aromatic heterocycles. The smallest absolute Gasteiger partial charge is 0.317 e. The lowest BCUT2D eigenvalue weighted by molar-refractivity contribution is -0.138. The van der Waals surface area contributed by atoms with Crippen molar-refractivity contribution in [3.63, 3.8) is 0 Å². The number of nitrogens with zero attached hydrogens (tertiary/aromatic N) is 2. The Kier molecular flexibility index (Phi) is 7.45. The second-order valence-electron chi connectivity index (χ2n) is 7.15. The summed E-state index contributed by atoms with van der Waals surface area (Å²) >= 11 is 0. The zero-order valence-corrected chi connectivity index (χ0v) is 17.1. The Morgan fingerprint density at radius 1 is 1.10 bits per heavy atom. The van der Waals surface area contributed by atoms with Crippen LogP contribution in [0.25, 0.3) is 0 Å². The van der Waals surface area contributed by atoms with Crippen LogP contribution in [0.1, 0.15) is 34.1 Å². The molecule has 0 spiro atoms. The van der Waals surface area contributed by atoms with Crippen LogP contribution >= 0.6 is 0 Å². The molecule has 7 heteroatoms. The quantitative estimate of drug-likeness (QED) is 0.498. The molecule has 0 aliphatic heterocycles. The lowest BCUT2D eigenvalue weighted by Gasteiger charge is -2.23. The third-order valence-electron chi connectivity index (χ3n) is 4.69. The zero-order valence-electron chi connectivity index (χ0n) is 17.1. The van der Waals surface area contributed by atoms with Crippen molar-refractivity contribution < 1.29 is 23.8 Å². The van der Waals surface area contributed by atoms with Gasteiger partial charge in [0.05, 0.1) is 6.54 Å². The SMILES string of the molecule is CN(CCC(Oc1cccc(C(=O)c2ccccn2)c1)c1ccc(F)cc1)CC(=O)O. The van der Waals surface area contributed by atoms with Crippen molar-refractivity contribution in [2.45, 2.75) is 12.5 Å². The van der Waals surface area contributed by atoms with Crippen molar-refractivity contribution in [1.29, 1.82) is 0 Å². The van der Waals surface area contributed by atoms with Crippen LogP contribution in [0.5, 0.6) is 5.75 Å². The summed E-state index contributed by atoms with van der Waals surface area (Å²) in [6.07, 6.45) is 1.59. The van der Waals surface area contributed by atoms with Crippen LogP contribution in [-0.4, -0.2) is 46.9 Å². The monoisotopic (exact) mass is 422 g/mol. The second kappa shape index (κ2) is 10.4. The highest BCUT2D eigenvalue weighted by molar-refractivity contribution is 6.07. The first-order chi connectivity index (χ1) is 14.9. The van der Waals surface area contributed by atoms with Gasteiger partial charge >= 0.3 is 5.97 Å². The Balaban J connectivity index is 1.79. The molecule has 0 radical (unpaired) electrons. The number of benzene rings is 2. The molecule has 3 aromatic rings. The van der Waals surface area contributed by atoms with Crippen molar-refractivity contribution in [2.75, 3.05) is 20.1 Å². The maximum absolute atomic E-state index is 13.4. The minimum absolute atomic E-state index is 0.0931. The fourth-order valence-corrected chi connectivity index (χ4v) is 3.14. The summed E-state index contributed by atoms with van der Waals surface area (Å²) in [5.41, 5.74) is 1.54. The van der Waals surface area contributed by atoms with E-state index in [1.165, 1.54) is 12.1 Å². The normalized spacial score (nSPS) is 11.8. The number of carbonyl (C=O) groups is 2. The van der Waals surface area contributed by atoms with Gasteiger partial charge in [-0.25, -0.2) is 4.39 Å². The fraction of sp³-hybridized carbons (Fsp3) is 0.208. The van der Waals surface area contributed by atoms with Crippen LogP contribution < -0.4 is 4.74 Å². The lowest BCUT2D eigenvalue weighted by Crippen LogP contribution is -2.28. The summed E-state index contributed by atoms with van der Waals surface area (Å²) < 4.78 is 19.5. The molecule has 1 heterocycles. The van der Waals surface area contributed by atoms with Crippen molar-refractivity contribution in [2.24, 2.45) is 0 Å².